The third kappa shape index (κ3) is 2.83. The van der Waals surface area contributed by atoms with Crippen molar-refractivity contribution in [1.29, 1.82) is 0 Å². The maximum absolute atomic E-state index is 11.8. The van der Waals surface area contributed by atoms with Crippen molar-refractivity contribution in [3.8, 4) is 11.3 Å². The van der Waals surface area contributed by atoms with Crippen molar-refractivity contribution in [2.24, 2.45) is 5.73 Å². The van der Waals surface area contributed by atoms with Gasteiger partial charge in [0, 0.05) is 16.0 Å². The van der Waals surface area contributed by atoms with Crippen LogP contribution >= 0.6 is 23.2 Å². The number of nitrogen functional groups attached to an aromatic ring is 1. The molecule has 0 aliphatic heterocycles. The number of carbonyl (C=O) groups is 1. The van der Waals surface area contributed by atoms with Gasteiger partial charge in [-0.2, -0.15) is 0 Å². The summed E-state index contributed by atoms with van der Waals surface area (Å²) in [5.74, 6) is -0.560. The summed E-state index contributed by atoms with van der Waals surface area (Å²) in [7, 11) is 0. The van der Waals surface area contributed by atoms with Crippen LogP contribution in [0.15, 0.2) is 36.4 Å². The van der Waals surface area contributed by atoms with E-state index in [2.05, 4.69) is 4.98 Å². The average molecular weight is 346 g/mol. The van der Waals surface area contributed by atoms with E-state index in [1.807, 2.05) is 13.0 Å². The van der Waals surface area contributed by atoms with Gasteiger partial charge in [0.2, 0.25) is 0 Å². The number of anilines is 1. The fourth-order valence-corrected chi connectivity index (χ4v) is 2.87. The van der Waals surface area contributed by atoms with Gasteiger partial charge in [-0.3, -0.25) is 4.79 Å². The van der Waals surface area contributed by atoms with Crippen LogP contribution in [0.4, 0.5) is 5.69 Å². The molecule has 6 heteroatoms. The highest BCUT2D eigenvalue weighted by molar-refractivity contribution is 6.33. The average Bonchev–Trinajstić information content (AvgIpc) is 2.50. The summed E-state index contributed by atoms with van der Waals surface area (Å²) in [6.07, 6.45) is 0. The normalized spacial score (nSPS) is 10.9. The number of hydrogen-bond donors (Lipinski definition) is 2. The quantitative estimate of drug-likeness (QED) is 0.683. The van der Waals surface area contributed by atoms with Crippen LogP contribution in [0, 0.1) is 6.92 Å². The molecule has 0 spiro atoms. The van der Waals surface area contributed by atoms with E-state index in [1.165, 1.54) is 0 Å². The number of nitrogens with two attached hydrogens (primary N) is 2. The third-order valence-corrected chi connectivity index (χ3v) is 4.20. The SMILES string of the molecule is Cc1cc(-c2nc3cc(Cl)ccc3cc2C(N)=O)cc(Cl)c1N. The monoisotopic (exact) mass is 345 g/mol. The van der Waals surface area contributed by atoms with Crippen LogP contribution in [-0.2, 0) is 0 Å². The fourth-order valence-electron chi connectivity index (χ4n) is 2.44. The zero-order chi connectivity index (χ0) is 16.7. The summed E-state index contributed by atoms with van der Waals surface area (Å²) in [6, 6.07) is 10.5. The molecule has 0 saturated heterocycles. The molecule has 0 saturated carbocycles. The molecule has 0 aliphatic rings. The first-order valence-corrected chi connectivity index (χ1v) is 7.58. The molecule has 1 aromatic heterocycles. The van der Waals surface area contributed by atoms with Crippen LogP contribution in [0.3, 0.4) is 0 Å². The lowest BCUT2D eigenvalue weighted by Crippen LogP contribution is -2.13. The molecule has 4 N–H and O–H groups in total. The van der Waals surface area contributed by atoms with Gasteiger partial charge in [-0.25, -0.2) is 4.98 Å². The van der Waals surface area contributed by atoms with Crippen LogP contribution < -0.4 is 11.5 Å². The molecule has 116 valence electrons. The number of nitrogens with zero attached hydrogens (tertiary/aromatic N) is 1. The number of pyridine rings is 1. The van der Waals surface area contributed by atoms with Crippen LogP contribution in [0.1, 0.15) is 15.9 Å². The number of fused-ring (bicyclic) bond motifs is 1. The fraction of sp³-hybridized carbons (Fsp3) is 0.0588. The molecule has 3 aromatic rings. The van der Waals surface area contributed by atoms with E-state index in [9.17, 15) is 4.79 Å². The maximum atomic E-state index is 11.8. The molecule has 2 aromatic carbocycles. The Labute approximate surface area is 143 Å². The lowest BCUT2D eigenvalue weighted by Gasteiger charge is -2.11. The highest BCUT2D eigenvalue weighted by Gasteiger charge is 2.16. The van der Waals surface area contributed by atoms with E-state index in [4.69, 9.17) is 34.7 Å². The predicted octanol–water partition coefficient (Wildman–Crippen LogP) is 4.20. The number of carbonyl (C=O) groups excluding carboxylic acids is 1. The molecular formula is C17H13Cl2N3O. The van der Waals surface area contributed by atoms with Crippen molar-refractivity contribution in [2.75, 3.05) is 5.73 Å². The highest BCUT2D eigenvalue weighted by atomic mass is 35.5. The number of aromatic nitrogens is 1. The molecule has 1 amide bonds. The Morgan fingerprint density at radius 2 is 1.87 bits per heavy atom. The van der Waals surface area contributed by atoms with E-state index >= 15 is 0 Å². The van der Waals surface area contributed by atoms with Gasteiger partial charge >= 0.3 is 0 Å². The van der Waals surface area contributed by atoms with Gasteiger partial charge in [-0.1, -0.05) is 29.3 Å². The standard InChI is InChI=1S/C17H13Cl2N3O/c1-8-4-10(6-13(19)15(8)20)16-12(17(21)23)5-9-2-3-11(18)7-14(9)22-16/h2-7H,20H2,1H3,(H2,21,23). The first kappa shape index (κ1) is 15.6. The van der Waals surface area contributed by atoms with E-state index < -0.39 is 5.91 Å². The minimum absolute atomic E-state index is 0.320. The Kier molecular flexibility index (Phi) is 3.88. The first-order valence-electron chi connectivity index (χ1n) is 6.83. The third-order valence-electron chi connectivity index (χ3n) is 3.65. The van der Waals surface area contributed by atoms with Gasteiger partial charge < -0.3 is 11.5 Å². The summed E-state index contributed by atoms with van der Waals surface area (Å²) in [5, 5.41) is 1.75. The molecule has 0 fully saturated rings. The first-order chi connectivity index (χ1) is 10.9. The summed E-state index contributed by atoms with van der Waals surface area (Å²) in [5.41, 5.74) is 14.8. The molecule has 23 heavy (non-hydrogen) atoms. The maximum Gasteiger partial charge on any atom is 0.250 e. The van der Waals surface area contributed by atoms with Crippen LogP contribution in [-0.4, -0.2) is 10.9 Å². The van der Waals surface area contributed by atoms with Crippen molar-refractivity contribution in [2.45, 2.75) is 6.92 Å². The number of halogens is 2. The van der Waals surface area contributed by atoms with Crippen molar-refractivity contribution >= 4 is 45.7 Å². The number of amides is 1. The van der Waals surface area contributed by atoms with Gasteiger partial charge in [0.25, 0.3) is 5.91 Å². The summed E-state index contributed by atoms with van der Waals surface area (Å²) < 4.78 is 0. The van der Waals surface area contributed by atoms with E-state index in [0.717, 1.165) is 10.9 Å². The summed E-state index contributed by atoms with van der Waals surface area (Å²) in [4.78, 5) is 16.4. The van der Waals surface area contributed by atoms with Crippen molar-refractivity contribution in [1.82, 2.24) is 4.98 Å². The highest BCUT2D eigenvalue weighted by Crippen LogP contribution is 2.32. The van der Waals surface area contributed by atoms with Crippen molar-refractivity contribution < 1.29 is 4.79 Å². The number of primary amides is 1. The molecular weight excluding hydrogens is 333 g/mol. The second-order valence-electron chi connectivity index (χ2n) is 5.27. The predicted molar refractivity (Wildman–Crippen MR) is 94.9 cm³/mol. The topological polar surface area (TPSA) is 82.0 Å². The Bertz CT molecular complexity index is 931. The largest absolute Gasteiger partial charge is 0.397 e. The molecule has 1 heterocycles. The van der Waals surface area contributed by atoms with Crippen LogP contribution in [0.2, 0.25) is 10.0 Å². The number of benzene rings is 2. The van der Waals surface area contributed by atoms with Gasteiger partial charge in [0.15, 0.2) is 0 Å². The number of hydrogen-bond acceptors (Lipinski definition) is 3. The van der Waals surface area contributed by atoms with Crippen LogP contribution in [0.25, 0.3) is 22.2 Å². The summed E-state index contributed by atoms with van der Waals surface area (Å²) in [6.45, 7) is 1.84. The zero-order valence-corrected chi connectivity index (χ0v) is 13.7. The Morgan fingerprint density at radius 3 is 2.52 bits per heavy atom. The number of rotatable bonds is 2. The van der Waals surface area contributed by atoms with E-state index in [1.54, 1.807) is 30.3 Å². The van der Waals surface area contributed by atoms with Gasteiger partial charge in [-0.15, -0.1) is 0 Å². The van der Waals surface area contributed by atoms with Gasteiger partial charge in [0.05, 0.1) is 27.5 Å². The molecule has 0 unspecified atom stereocenters. The minimum Gasteiger partial charge on any atom is -0.397 e. The second-order valence-corrected chi connectivity index (χ2v) is 6.12. The molecule has 3 rings (SSSR count). The Morgan fingerprint density at radius 1 is 1.13 bits per heavy atom. The Hall–Kier alpha value is -2.30. The summed E-state index contributed by atoms with van der Waals surface area (Å²) >= 11 is 12.2. The minimum atomic E-state index is -0.560. The van der Waals surface area contributed by atoms with Crippen molar-refractivity contribution in [3.63, 3.8) is 0 Å². The lowest BCUT2D eigenvalue weighted by atomic mass is 10.0. The zero-order valence-electron chi connectivity index (χ0n) is 12.2. The molecule has 0 radical (unpaired) electrons. The van der Waals surface area contributed by atoms with E-state index in [-0.39, 0.29) is 0 Å². The molecule has 4 nitrogen and oxygen atoms in total. The smallest absolute Gasteiger partial charge is 0.250 e. The molecule has 0 aliphatic carbocycles. The van der Waals surface area contributed by atoms with Gasteiger partial charge in [0.1, 0.15) is 0 Å². The second kappa shape index (κ2) is 5.72. The lowest BCUT2D eigenvalue weighted by molar-refractivity contribution is 0.100. The van der Waals surface area contributed by atoms with Crippen molar-refractivity contribution in [3.05, 3.63) is 57.6 Å². The molecule has 0 bridgehead atoms. The number of aryl methyl sites for hydroxylation is 1. The van der Waals surface area contributed by atoms with E-state index in [0.29, 0.717) is 38.1 Å². The Balaban J connectivity index is 2.34. The molecule has 0 atom stereocenters. The van der Waals surface area contributed by atoms with Gasteiger partial charge in [-0.05, 0) is 42.8 Å². The van der Waals surface area contributed by atoms with Crippen LogP contribution in [0.5, 0.6) is 0 Å².